The molecule has 3 aromatic rings. The van der Waals surface area contributed by atoms with Crippen molar-refractivity contribution < 1.29 is 40.6 Å². The molecular formula is C22H17F6N5O3. The lowest BCUT2D eigenvalue weighted by molar-refractivity contribution is -0.146. The highest BCUT2D eigenvalue weighted by Gasteiger charge is 2.38. The van der Waals surface area contributed by atoms with Gasteiger partial charge in [0.25, 0.3) is 18.3 Å². The number of hydrogen-bond acceptors (Lipinski definition) is 7. The topological polar surface area (TPSA) is 99.1 Å². The van der Waals surface area contributed by atoms with Crippen molar-refractivity contribution in [2.45, 2.75) is 31.3 Å². The van der Waals surface area contributed by atoms with E-state index in [9.17, 15) is 31.1 Å². The average molecular weight is 513 g/mol. The van der Waals surface area contributed by atoms with Crippen molar-refractivity contribution in [3.8, 4) is 17.3 Å². The summed E-state index contributed by atoms with van der Waals surface area (Å²) in [6.45, 7) is -1.84. The van der Waals surface area contributed by atoms with E-state index < -0.39 is 61.6 Å². The maximum atomic E-state index is 14.6. The number of nitrogens with one attached hydrogen (secondary N) is 1. The lowest BCUT2D eigenvalue weighted by atomic mass is 10.00. The molecule has 0 radical (unpaired) electrons. The Morgan fingerprint density at radius 1 is 1.17 bits per heavy atom. The molecule has 1 atom stereocenters. The van der Waals surface area contributed by atoms with Crippen molar-refractivity contribution in [2.24, 2.45) is 0 Å². The fourth-order valence-electron chi connectivity index (χ4n) is 3.42. The lowest BCUT2D eigenvalue weighted by Crippen LogP contribution is -2.32. The second-order valence-electron chi connectivity index (χ2n) is 7.71. The van der Waals surface area contributed by atoms with E-state index in [-0.39, 0.29) is 34.6 Å². The Balaban J connectivity index is 1.69. The summed E-state index contributed by atoms with van der Waals surface area (Å²) >= 11 is 0. The second kappa shape index (κ2) is 10.4. The van der Waals surface area contributed by atoms with Gasteiger partial charge in [-0.2, -0.15) is 0 Å². The van der Waals surface area contributed by atoms with Crippen LogP contribution in [0.5, 0.6) is 6.01 Å². The smallest absolute Gasteiger partial charge is 0.316 e. The summed E-state index contributed by atoms with van der Waals surface area (Å²) in [5, 5.41) is 2.47. The van der Waals surface area contributed by atoms with Crippen LogP contribution in [0.1, 0.15) is 35.0 Å². The molecule has 4 rings (SSSR count). The quantitative estimate of drug-likeness (QED) is 0.462. The molecule has 1 N–H and O–H groups in total. The summed E-state index contributed by atoms with van der Waals surface area (Å²) in [4.78, 5) is 28.3. The molecule has 1 amide bonds. The number of nitrogens with zero attached hydrogens (tertiary/aromatic N) is 4. The Hall–Kier alpha value is -3.81. The minimum atomic E-state index is -3.05. The van der Waals surface area contributed by atoms with E-state index in [1.54, 1.807) is 0 Å². The monoisotopic (exact) mass is 513 g/mol. The number of halogens is 6. The van der Waals surface area contributed by atoms with Gasteiger partial charge in [0.05, 0.1) is 16.9 Å². The van der Waals surface area contributed by atoms with Crippen LogP contribution in [0, 0.1) is 11.6 Å². The molecule has 190 valence electrons. The first kappa shape index (κ1) is 25.3. The normalized spacial score (nSPS) is 17.1. The Bertz CT molecular complexity index is 1240. The first-order valence-electron chi connectivity index (χ1n) is 10.5. The van der Waals surface area contributed by atoms with Crippen molar-refractivity contribution in [2.75, 3.05) is 18.5 Å². The van der Waals surface area contributed by atoms with Crippen molar-refractivity contribution in [3.05, 3.63) is 59.8 Å². The molecule has 36 heavy (non-hydrogen) atoms. The summed E-state index contributed by atoms with van der Waals surface area (Å²) in [6, 6.07) is 2.21. The van der Waals surface area contributed by atoms with Crippen LogP contribution in [-0.2, 0) is 4.74 Å². The maximum absolute atomic E-state index is 14.6. The molecule has 1 aliphatic rings. The Morgan fingerprint density at radius 3 is 2.58 bits per heavy atom. The summed E-state index contributed by atoms with van der Waals surface area (Å²) in [5.74, 6) is -5.55. The molecule has 1 fully saturated rings. The van der Waals surface area contributed by atoms with Gasteiger partial charge in [-0.15, -0.1) is 0 Å². The van der Waals surface area contributed by atoms with E-state index in [0.717, 1.165) is 36.9 Å². The highest BCUT2D eigenvalue weighted by molar-refractivity contribution is 6.06. The number of carbonyl (C=O) groups excluding carboxylic acids is 1. The van der Waals surface area contributed by atoms with Gasteiger partial charge >= 0.3 is 6.01 Å². The Labute approximate surface area is 199 Å². The summed E-state index contributed by atoms with van der Waals surface area (Å²) < 4.78 is 90.2. The number of carbonyl (C=O) groups is 1. The number of alkyl halides is 4. The summed E-state index contributed by atoms with van der Waals surface area (Å²) in [5.41, 5.74) is -0.910. The van der Waals surface area contributed by atoms with Crippen molar-refractivity contribution in [1.82, 2.24) is 19.9 Å². The van der Waals surface area contributed by atoms with Crippen molar-refractivity contribution >= 4 is 11.6 Å². The van der Waals surface area contributed by atoms with E-state index in [0.29, 0.717) is 0 Å². The number of hydrogen-bond donors (Lipinski definition) is 1. The zero-order chi connectivity index (χ0) is 25.9. The molecule has 1 saturated heterocycles. The minimum absolute atomic E-state index is 0.0229. The zero-order valence-corrected chi connectivity index (χ0v) is 18.2. The van der Waals surface area contributed by atoms with Crippen LogP contribution in [0.4, 0.5) is 32.0 Å². The van der Waals surface area contributed by atoms with E-state index in [4.69, 9.17) is 4.74 Å². The maximum Gasteiger partial charge on any atom is 0.316 e. The molecule has 0 bridgehead atoms. The van der Waals surface area contributed by atoms with Gasteiger partial charge in [-0.25, -0.2) is 46.3 Å². The molecule has 2 aromatic heterocycles. The van der Waals surface area contributed by atoms with E-state index >= 15 is 0 Å². The number of rotatable bonds is 7. The van der Waals surface area contributed by atoms with Gasteiger partial charge in [0.1, 0.15) is 36.4 Å². The van der Waals surface area contributed by atoms with Gasteiger partial charge in [0.15, 0.2) is 6.61 Å². The number of amides is 1. The van der Waals surface area contributed by atoms with Gasteiger partial charge in [0, 0.05) is 24.4 Å². The predicted molar refractivity (Wildman–Crippen MR) is 112 cm³/mol. The third kappa shape index (κ3) is 5.87. The zero-order valence-electron chi connectivity index (χ0n) is 18.2. The Morgan fingerprint density at radius 2 is 1.92 bits per heavy atom. The molecule has 14 heteroatoms. The number of anilines is 1. The van der Waals surface area contributed by atoms with E-state index in [2.05, 4.69) is 30.0 Å². The second-order valence-corrected chi connectivity index (χ2v) is 7.71. The minimum Gasteiger partial charge on any atom is -0.457 e. The fourth-order valence-corrected chi connectivity index (χ4v) is 3.42. The van der Waals surface area contributed by atoms with Gasteiger partial charge in [-0.05, 0) is 24.6 Å². The highest BCUT2D eigenvalue weighted by Crippen LogP contribution is 2.40. The van der Waals surface area contributed by atoms with Gasteiger partial charge < -0.3 is 14.8 Å². The summed E-state index contributed by atoms with van der Waals surface area (Å²) in [6.07, 6.45) is -1.45. The predicted octanol–water partition coefficient (Wildman–Crippen LogP) is 4.59. The molecule has 0 saturated carbocycles. The third-order valence-electron chi connectivity index (χ3n) is 5.10. The van der Waals surface area contributed by atoms with Gasteiger partial charge in [0.2, 0.25) is 0 Å². The molecular weight excluding hydrogens is 496 g/mol. The van der Waals surface area contributed by atoms with Crippen LogP contribution in [0.3, 0.4) is 0 Å². The van der Waals surface area contributed by atoms with Gasteiger partial charge in [-0.1, -0.05) is 0 Å². The van der Waals surface area contributed by atoms with Crippen molar-refractivity contribution in [1.29, 1.82) is 0 Å². The van der Waals surface area contributed by atoms with E-state index in [1.807, 2.05) is 0 Å². The number of aromatic nitrogens is 4. The van der Waals surface area contributed by atoms with Crippen LogP contribution in [0.15, 0.2) is 36.9 Å². The number of benzene rings is 1. The molecule has 8 nitrogen and oxygen atoms in total. The van der Waals surface area contributed by atoms with Crippen LogP contribution < -0.4 is 10.1 Å². The molecule has 3 heterocycles. The van der Waals surface area contributed by atoms with Crippen LogP contribution in [-0.4, -0.2) is 51.4 Å². The largest absolute Gasteiger partial charge is 0.457 e. The average Bonchev–Trinajstić information content (AvgIpc) is 2.85. The van der Waals surface area contributed by atoms with Crippen molar-refractivity contribution in [3.63, 3.8) is 0 Å². The number of ether oxygens (including phenoxy) is 2. The first-order chi connectivity index (χ1) is 17.1. The Kier molecular flexibility index (Phi) is 7.33. The van der Waals surface area contributed by atoms with Crippen LogP contribution >= 0.6 is 0 Å². The lowest BCUT2D eigenvalue weighted by Gasteiger charge is -2.29. The molecule has 0 spiro atoms. The SMILES string of the molecule is O=C(Nc1c(-c2cc(F)ccc2F)ncnc1C1CCC(F)(F)CO1)c1cnc(OCC(F)F)nc1. The highest BCUT2D eigenvalue weighted by atomic mass is 19.3. The molecule has 1 aliphatic heterocycles. The first-order valence-corrected chi connectivity index (χ1v) is 10.5. The summed E-state index contributed by atoms with van der Waals surface area (Å²) in [7, 11) is 0. The molecule has 1 aromatic carbocycles. The van der Waals surface area contributed by atoms with Crippen LogP contribution in [0.2, 0.25) is 0 Å². The van der Waals surface area contributed by atoms with Gasteiger partial charge in [-0.3, -0.25) is 4.79 Å². The fraction of sp³-hybridized carbons (Fsp3) is 0.318. The van der Waals surface area contributed by atoms with E-state index in [1.165, 1.54) is 0 Å². The molecule has 0 aliphatic carbocycles. The van der Waals surface area contributed by atoms with Crippen LogP contribution in [0.25, 0.3) is 11.3 Å². The molecule has 1 unspecified atom stereocenters. The third-order valence-corrected chi connectivity index (χ3v) is 5.10. The standard InChI is InChI=1S/C22H17F6N5O3/c23-12-1-2-14(24)13(5-12)17-19(18(32-10-31-17)15-3-4-22(27,28)9-36-15)33-20(34)11-6-29-21(30-7-11)35-8-16(25)26/h1-2,5-7,10,15-16H,3-4,8-9H2,(H,33,34).